The molecular formula is C12H15BrFNO4S. The Kier molecular flexibility index (Phi) is 4.80. The van der Waals surface area contributed by atoms with E-state index in [0.717, 1.165) is 12.1 Å². The van der Waals surface area contributed by atoms with Crippen LogP contribution in [0, 0.1) is 5.82 Å². The van der Waals surface area contributed by atoms with Gasteiger partial charge in [-0.15, -0.1) is 0 Å². The molecule has 1 saturated heterocycles. The van der Waals surface area contributed by atoms with Crippen molar-refractivity contribution in [3.8, 4) is 0 Å². The number of benzene rings is 1. The highest BCUT2D eigenvalue weighted by atomic mass is 79.9. The Morgan fingerprint density at radius 1 is 1.55 bits per heavy atom. The van der Waals surface area contributed by atoms with Crippen LogP contribution < -0.4 is 4.72 Å². The standard InChI is InChI=1S/C12H15BrFNO4S/c1-18-12(4-5-19-8-12)7-15-20(16,17)11-3-2-9(14)6-10(11)13/h2-3,6,15H,4-5,7-8H2,1H3. The number of hydrogen-bond donors (Lipinski definition) is 1. The van der Waals surface area contributed by atoms with Gasteiger partial charge in [-0.2, -0.15) is 0 Å². The zero-order valence-corrected chi connectivity index (χ0v) is 13.3. The molecule has 1 aromatic rings. The second-order valence-corrected chi connectivity index (χ2v) is 7.18. The summed E-state index contributed by atoms with van der Waals surface area (Å²) < 4.78 is 50.7. The van der Waals surface area contributed by atoms with Crippen molar-refractivity contribution in [1.82, 2.24) is 4.72 Å². The summed E-state index contributed by atoms with van der Waals surface area (Å²) in [5.41, 5.74) is -0.639. The summed E-state index contributed by atoms with van der Waals surface area (Å²) in [5, 5.41) is 0. The van der Waals surface area contributed by atoms with Crippen LogP contribution in [-0.4, -0.2) is 40.9 Å². The Labute approximate surface area is 125 Å². The zero-order valence-electron chi connectivity index (χ0n) is 10.9. The summed E-state index contributed by atoms with van der Waals surface area (Å²) in [7, 11) is -2.22. The van der Waals surface area contributed by atoms with Crippen molar-refractivity contribution in [2.45, 2.75) is 16.9 Å². The fourth-order valence-corrected chi connectivity index (χ4v) is 4.12. The molecule has 20 heavy (non-hydrogen) atoms. The van der Waals surface area contributed by atoms with E-state index in [0.29, 0.717) is 19.6 Å². The molecule has 1 unspecified atom stereocenters. The first kappa shape index (κ1) is 15.8. The van der Waals surface area contributed by atoms with Gasteiger partial charge in [0.1, 0.15) is 11.4 Å². The molecule has 2 rings (SSSR count). The van der Waals surface area contributed by atoms with Crippen LogP contribution in [0.5, 0.6) is 0 Å². The monoisotopic (exact) mass is 367 g/mol. The van der Waals surface area contributed by atoms with E-state index < -0.39 is 21.4 Å². The number of halogens is 2. The molecule has 1 aliphatic rings. The average molecular weight is 368 g/mol. The smallest absolute Gasteiger partial charge is 0.241 e. The molecule has 0 radical (unpaired) electrons. The third-order valence-electron chi connectivity index (χ3n) is 3.27. The first-order valence-electron chi connectivity index (χ1n) is 5.96. The summed E-state index contributed by atoms with van der Waals surface area (Å²) in [5.74, 6) is -0.506. The Hall–Kier alpha value is -0.540. The summed E-state index contributed by atoms with van der Waals surface area (Å²) in [6.45, 7) is 0.988. The van der Waals surface area contributed by atoms with Crippen molar-refractivity contribution >= 4 is 26.0 Å². The molecule has 0 amide bonds. The first-order valence-corrected chi connectivity index (χ1v) is 8.24. The van der Waals surface area contributed by atoms with Gasteiger partial charge >= 0.3 is 0 Å². The van der Waals surface area contributed by atoms with Gasteiger partial charge in [-0.3, -0.25) is 0 Å². The minimum Gasteiger partial charge on any atom is -0.378 e. The zero-order chi connectivity index (χ0) is 14.8. The molecule has 8 heteroatoms. The second kappa shape index (κ2) is 6.07. The third-order valence-corrected chi connectivity index (χ3v) is 5.65. The minimum atomic E-state index is -3.74. The van der Waals surface area contributed by atoms with Crippen molar-refractivity contribution in [2.24, 2.45) is 0 Å². The normalized spacial score (nSPS) is 23.1. The fraction of sp³-hybridized carbons (Fsp3) is 0.500. The summed E-state index contributed by atoms with van der Waals surface area (Å²) in [6, 6.07) is 3.43. The Morgan fingerprint density at radius 3 is 2.85 bits per heavy atom. The van der Waals surface area contributed by atoms with Gasteiger partial charge in [0.25, 0.3) is 0 Å². The Morgan fingerprint density at radius 2 is 2.30 bits per heavy atom. The van der Waals surface area contributed by atoms with Crippen LogP contribution in [0.3, 0.4) is 0 Å². The molecule has 1 fully saturated rings. The van der Waals surface area contributed by atoms with E-state index in [2.05, 4.69) is 20.7 Å². The number of ether oxygens (including phenoxy) is 2. The first-order chi connectivity index (χ1) is 9.38. The van der Waals surface area contributed by atoms with Crippen molar-refractivity contribution in [2.75, 3.05) is 26.9 Å². The van der Waals surface area contributed by atoms with Gasteiger partial charge in [0.05, 0.1) is 11.5 Å². The van der Waals surface area contributed by atoms with Gasteiger partial charge in [0.2, 0.25) is 10.0 Å². The number of nitrogens with one attached hydrogen (secondary N) is 1. The largest absolute Gasteiger partial charge is 0.378 e. The lowest BCUT2D eigenvalue weighted by Gasteiger charge is -2.25. The molecule has 0 aliphatic carbocycles. The molecule has 1 atom stereocenters. The van der Waals surface area contributed by atoms with Gasteiger partial charge in [0, 0.05) is 31.2 Å². The Bertz CT molecular complexity index is 587. The van der Waals surface area contributed by atoms with Crippen molar-refractivity contribution in [1.29, 1.82) is 0 Å². The Balaban J connectivity index is 2.15. The quantitative estimate of drug-likeness (QED) is 0.859. The topological polar surface area (TPSA) is 64.6 Å². The number of hydrogen-bond acceptors (Lipinski definition) is 4. The minimum absolute atomic E-state index is 0.0101. The SMILES string of the molecule is COC1(CNS(=O)(=O)c2ccc(F)cc2Br)CCOC1. The average Bonchev–Trinajstić information content (AvgIpc) is 2.85. The molecule has 1 aliphatic heterocycles. The number of rotatable bonds is 5. The van der Waals surface area contributed by atoms with E-state index >= 15 is 0 Å². The molecule has 5 nitrogen and oxygen atoms in total. The number of sulfonamides is 1. The molecule has 0 spiro atoms. The molecule has 0 bridgehead atoms. The van der Waals surface area contributed by atoms with Crippen molar-refractivity contribution < 1.29 is 22.3 Å². The fourth-order valence-electron chi connectivity index (χ4n) is 1.96. The van der Waals surface area contributed by atoms with E-state index in [1.54, 1.807) is 0 Å². The molecular weight excluding hydrogens is 353 g/mol. The molecule has 1 heterocycles. The van der Waals surface area contributed by atoms with E-state index in [-0.39, 0.29) is 15.9 Å². The second-order valence-electron chi connectivity index (χ2n) is 4.59. The van der Waals surface area contributed by atoms with Crippen molar-refractivity contribution in [3.05, 3.63) is 28.5 Å². The van der Waals surface area contributed by atoms with E-state index in [9.17, 15) is 12.8 Å². The lowest BCUT2D eigenvalue weighted by Crippen LogP contribution is -2.45. The van der Waals surface area contributed by atoms with E-state index in [1.165, 1.54) is 13.2 Å². The van der Waals surface area contributed by atoms with Crippen LogP contribution in [0.4, 0.5) is 4.39 Å². The highest BCUT2D eigenvalue weighted by Crippen LogP contribution is 2.25. The maximum Gasteiger partial charge on any atom is 0.241 e. The summed E-state index contributed by atoms with van der Waals surface area (Å²) >= 11 is 3.05. The maximum absolute atomic E-state index is 13.0. The van der Waals surface area contributed by atoms with Gasteiger partial charge in [-0.25, -0.2) is 17.5 Å². The number of methoxy groups -OCH3 is 1. The van der Waals surface area contributed by atoms with Crippen LogP contribution in [0.15, 0.2) is 27.6 Å². The van der Waals surface area contributed by atoms with E-state index in [4.69, 9.17) is 9.47 Å². The van der Waals surface area contributed by atoms with Gasteiger partial charge in [-0.05, 0) is 34.1 Å². The highest BCUT2D eigenvalue weighted by Gasteiger charge is 2.36. The van der Waals surface area contributed by atoms with Gasteiger partial charge in [0.15, 0.2) is 0 Å². The summed E-state index contributed by atoms with van der Waals surface area (Å²) in [4.78, 5) is -0.0101. The van der Waals surface area contributed by atoms with Crippen LogP contribution >= 0.6 is 15.9 Å². The third kappa shape index (κ3) is 3.37. The van der Waals surface area contributed by atoms with E-state index in [1.807, 2.05) is 0 Å². The highest BCUT2D eigenvalue weighted by molar-refractivity contribution is 9.10. The predicted molar refractivity (Wildman–Crippen MR) is 74.5 cm³/mol. The van der Waals surface area contributed by atoms with Gasteiger partial charge in [-0.1, -0.05) is 0 Å². The maximum atomic E-state index is 13.0. The lowest BCUT2D eigenvalue weighted by atomic mass is 10.0. The molecule has 1 aromatic carbocycles. The molecule has 1 N–H and O–H groups in total. The lowest BCUT2D eigenvalue weighted by molar-refractivity contribution is -0.0120. The van der Waals surface area contributed by atoms with Crippen LogP contribution in [-0.2, 0) is 19.5 Å². The van der Waals surface area contributed by atoms with Crippen LogP contribution in [0.2, 0.25) is 0 Å². The summed E-state index contributed by atoms with van der Waals surface area (Å²) in [6.07, 6.45) is 0.622. The molecule has 0 saturated carbocycles. The van der Waals surface area contributed by atoms with Gasteiger partial charge < -0.3 is 9.47 Å². The van der Waals surface area contributed by atoms with Crippen molar-refractivity contribution in [3.63, 3.8) is 0 Å². The van der Waals surface area contributed by atoms with Crippen LogP contribution in [0.25, 0.3) is 0 Å². The molecule has 112 valence electrons. The predicted octanol–water partition coefficient (Wildman–Crippen LogP) is 1.67. The van der Waals surface area contributed by atoms with Crippen LogP contribution in [0.1, 0.15) is 6.42 Å². The molecule has 0 aromatic heterocycles.